The van der Waals surface area contributed by atoms with Crippen LogP contribution >= 0.6 is 0 Å². The van der Waals surface area contributed by atoms with Crippen LogP contribution < -0.4 is 16.1 Å². The number of amides is 3. The lowest BCUT2D eigenvalue weighted by Gasteiger charge is -2.26. The molecule has 22 heavy (non-hydrogen) atoms. The van der Waals surface area contributed by atoms with Gasteiger partial charge in [0.2, 0.25) is 5.91 Å². The molecule has 1 unspecified atom stereocenters. The summed E-state index contributed by atoms with van der Waals surface area (Å²) in [5.74, 6) is -0.209. The maximum atomic E-state index is 12.4. The number of nitrogens with one attached hydrogen (secondary N) is 3. The molecule has 0 aliphatic heterocycles. The molecule has 1 aliphatic carbocycles. The van der Waals surface area contributed by atoms with Crippen molar-refractivity contribution >= 4 is 11.9 Å². The van der Waals surface area contributed by atoms with Gasteiger partial charge >= 0.3 is 6.03 Å². The number of carbonyl (C=O) groups is 2. The van der Waals surface area contributed by atoms with E-state index >= 15 is 0 Å². The van der Waals surface area contributed by atoms with Crippen LogP contribution in [0.4, 0.5) is 4.79 Å². The quantitative estimate of drug-likeness (QED) is 0.493. The van der Waals surface area contributed by atoms with E-state index in [0.29, 0.717) is 6.42 Å². The SMILES string of the molecule is O=C(NO)NC(Cc1ccccc1)C(=O)NC1CCCCC1. The van der Waals surface area contributed by atoms with Crippen LogP contribution in [0, 0.1) is 0 Å². The van der Waals surface area contributed by atoms with E-state index in [0.717, 1.165) is 31.2 Å². The first-order valence-electron chi connectivity index (χ1n) is 7.74. The Balaban J connectivity index is 1.98. The largest absolute Gasteiger partial charge is 0.352 e. The summed E-state index contributed by atoms with van der Waals surface area (Å²) in [6, 6.07) is 8.16. The lowest BCUT2D eigenvalue weighted by Crippen LogP contribution is -2.52. The summed E-state index contributed by atoms with van der Waals surface area (Å²) < 4.78 is 0. The molecular formula is C16H23N3O3. The molecule has 3 amide bonds. The highest BCUT2D eigenvalue weighted by Gasteiger charge is 2.24. The van der Waals surface area contributed by atoms with E-state index in [9.17, 15) is 9.59 Å². The monoisotopic (exact) mass is 305 g/mol. The van der Waals surface area contributed by atoms with Crippen LogP contribution in [0.15, 0.2) is 30.3 Å². The Bertz CT molecular complexity index is 487. The van der Waals surface area contributed by atoms with Gasteiger partial charge in [0.1, 0.15) is 6.04 Å². The van der Waals surface area contributed by atoms with Gasteiger partial charge in [-0.05, 0) is 18.4 Å². The maximum absolute atomic E-state index is 12.4. The van der Waals surface area contributed by atoms with Crippen LogP contribution in [0.25, 0.3) is 0 Å². The molecule has 1 aliphatic rings. The van der Waals surface area contributed by atoms with Gasteiger partial charge in [0.15, 0.2) is 0 Å². The molecule has 1 fully saturated rings. The smallest absolute Gasteiger partial charge is 0.339 e. The van der Waals surface area contributed by atoms with Crippen molar-refractivity contribution in [2.24, 2.45) is 0 Å². The zero-order valence-corrected chi connectivity index (χ0v) is 12.5. The predicted octanol–water partition coefficient (Wildman–Crippen LogP) is 1.73. The van der Waals surface area contributed by atoms with Crippen LogP contribution in [0.3, 0.4) is 0 Å². The average molecular weight is 305 g/mol. The van der Waals surface area contributed by atoms with Crippen LogP contribution in [-0.4, -0.2) is 29.2 Å². The lowest BCUT2D eigenvalue weighted by atomic mass is 9.95. The number of benzene rings is 1. The fraction of sp³-hybridized carbons (Fsp3) is 0.500. The second-order valence-electron chi connectivity index (χ2n) is 5.67. The summed E-state index contributed by atoms with van der Waals surface area (Å²) in [6.07, 6.45) is 5.81. The molecule has 0 saturated heterocycles. The number of hydrogen-bond donors (Lipinski definition) is 4. The Hall–Kier alpha value is -2.08. The standard InChI is InChI=1S/C16H23N3O3/c20-15(17-13-9-5-2-6-10-13)14(18-16(21)19-22)11-12-7-3-1-4-8-12/h1,3-4,7-8,13-14,22H,2,5-6,9-11H2,(H,17,20)(H2,18,19,21). The third kappa shape index (κ3) is 5.04. The van der Waals surface area contributed by atoms with Crippen molar-refractivity contribution in [3.63, 3.8) is 0 Å². The zero-order chi connectivity index (χ0) is 15.8. The number of carbonyl (C=O) groups excluding carboxylic acids is 2. The molecular weight excluding hydrogens is 282 g/mol. The van der Waals surface area contributed by atoms with Crippen molar-refractivity contribution < 1.29 is 14.8 Å². The molecule has 6 heteroatoms. The minimum absolute atomic E-state index is 0.179. The number of hydrogen-bond acceptors (Lipinski definition) is 3. The molecule has 0 spiro atoms. The van der Waals surface area contributed by atoms with Crippen LogP contribution in [0.2, 0.25) is 0 Å². The van der Waals surface area contributed by atoms with Crippen molar-refractivity contribution in [3.8, 4) is 0 Å². The van der Waals surface area contributed by atoms with Crippen molar-refractivity contribution in [1.29, 1.82) is 0 Å². The van der Waals surface area contributed by atoms with Gasteiger partial charge in [-0.1, -0.05) is 49.6 Å². The second kappa shape index (κ2) is 8.38. The topological polar surface area (TPSA) is 90.5 Å². The lowest BCUT2D eigenvalue weighted by molar-refractivity contribution is -0.123. The summed E-state index contributed by atoms with van der Waals surface area (Å²) >= 11 is 0. The third-order valence-corrected chi connectivity index (χ3v) is 3.96. The number of urea groups is 1. The molecule has 0 aromatic heterocycles. The first kappa shape index (κ1) is 16.3. The van der Waals surface area contributed by atoms with Crippen molar-refractivity contribution in [2.45, 2.75) is 50.6 Å². The predicted molar refractivity (Wildman–Crippen MR) is 82.4 cm³/mol. The minimum Gasteiger partial charge on any atom is -0.352 e. The van der Waals surface area contributed by atoms with E-state index in [1.807, 2.05) is 30.3 Å². The van der Waals surface area contributed by atoms with Crippen LogP contribution in [0.5, 0.6) is 0 Å². The van der Waals surface area contributed by atoms with Gasteiger partial charge < -0.3 is 10.6 Å². The van der Waals surface area contributed by atoms with Gasteiger partial charge in [0, 0.05) is 12.5 Å². The average Bonchev–Trinajstić information content (AvgIpc) is 2.56. The normalized spacial score (nSPS) is 16.6. The third-order valence-electron chi connectivity index (χ3n) is 3.96. The van der Waals surface area contributed by atoms with E-state index in [1.165, 1.54) is 11.9 Å². The molecule has 4 N–H and O–H groups in total. The highest BCUT2D eigenvalue weighted by molar-refractivity contribution is 5.87. The summed E-state index contributed by atoms with van der Waals surface area (Å²) in [5.41, 5.74) is 2.46. The highest BCUT2D eigenvalue weighted by Crippen LogP contribution is 2.17. The Morgan fingerprint density at radius 3 is 2.45 bits per heavy atom. The van der Waals surface area contributed by atoms with Gasteiger partial charge in [-0.15, -0.1) is 0 Å². The maximum Gasteiger partial charge on any atom is 0.339 e. The molecule has 1 aromatic carbocycles. The molecule has 2 rings (SSSR count). The highest BCUT2D eigenvalue weighted by atomic mass is 16.5. The summed E-state index contributed by atoms with van der Waals surface area (Å²) in [6.45, 7) is 0. The molecule has 1 atom stereocenters. The fourth-order valence-electron chi connectivity index (χ4n) is 2.80. The summed E-state index contributed by atoms with van der Waals surface area (Å²) in [7, 11) is 0. The molecule has 1 aromatic rings. The van der Waals surface area contributed by atoms with E-state index < -0.39 is 12.1 Å². The molecule has 6 nitrogen and oxygen atoms in total. The molecule has 0 bridgehead atoms. The Morgan fingerprint density at radius 1 is 1.14 bits per heavy atom. The Labute approximate surface area is 130 Å². The van der Waals surface area contributed by atoms with E-state index in [1.54, 1.807) is 0 Å². The fourth-order valence-corrected chi connectivity index (χ4v) is 2.80. The molecule has 0 radical (unpaired) electrons. The second-order valence-corrected chi connectivity index (χ2v) is 5.67. The van der Waals surface area contributed by atoms with Gasteiger partial charge in [-0.3, -0.25) is 10.0 Å². The van der Waals surface area contributed by atoms with E-state index in [-0.39, 0.29) is 11.9 Å². The van der Waals surface area contributed by atoms with Crippen molar-refractivity contribution in [3.05, 3.63) is 35.9 Å². The number of rotatable bonds is 5. The molecule has 1 saturated carbocycles. The minimum atomic E-state index is -0.778. The van der Waals surface area contributed by atoms with Crippen molar-refractivity contribution in [2.75, 3.05) is 0 Å². The van der Waals surface area contributed by atoms with Gasteiger partial charge in [-0.2, -0.15) is 0 Å². The zero-order valence-electron chi connectivity index (χ0n) is 12.5. The van der Waals surface area contributed by atoms with E-state index in [2.05, 4.69) is 10.6 Å². The Kier molecular flexibility index (Phi) is 6.21. The van der Waals surface area contributed by atoms with Gasteiger partial charge in [-0.25, -0.2) is 10.3 Å². The first-order valence-corrected chi connectivity index (χ1v) is 7.74. The Morgan fingerprint density at radius 2 is 1.82 bits per heavy atom. The molecule has 120 valence electrons. The summed E-state index contributed by atoms with van der Waals surface area (Å²) in [5, 5.41) is 14.2. The van der Waals surface area contributed by atoms with Gasteiger partial charge in [0.25, 0.3) is 0 Å². The van der Waals surface area contributed by atoms with Crippen LogP contribution in [-0.2, 0) is 11.2 Å². The van der Waals surface area contributed by atoms with Crippen LogP contribution in [0.1, 0.15) is 37.7 Å². The summed E-state index contributed by atoms with van der Waals surface area (Å²) in [4.78, 5) is 23.8. The molecule has 0 heterocycles. The van der Waals surface area contributed by atoms with Gasteiger partial charge in [0.05, 0.1) is 0 Å². The first-order chi connectivity index (χ1) is 10.7. The van der Waals surface area contributed by atoms with Crippen molar-refractivity contribution in [1.82, 2.24) is 16.1 Å². The number of hydroxylamine groups is 1. The van der Waals surface area contributed by atoms with E-state index in [4.69, 9.17) is 5.21 Å².